The zero-order chi connectivity index (χ0) is 51.7. The molecule has 7 aromatic rings. The van der Waals surface area contributed by atoms with Crippen LogP contribution in [-0.2, 0) is 42.6 Å². The van der Waals surface area contributed by atoms with Crippen molar-refractivity contribution in [2.75, 3.05) is 26.2 Å². The number of nitrogens with zero attached hydrogens (tertiary/aromatic N) is 1. The summed E-state index contributed by atoms with van der Waals surface area (Å²) in [5.74, 6) is -0.0187. The molecule has 74 heavy (non-hydrogen) atoms. The highest BCUT2D eigenvalue weighted by Gasteiger charge is 2.31. The van der Waals surface area contributed by atoms with Crippen molar-refractivity contribution in [3.63, 3.8) is 0 Å². The van der Waals surface area contributed by atoms with Crippen LogP contribution in [0, 0.1) is 0 Å². The molecular weight excluding hydrogens is 937 g/mol. The third-order valence-corrected chi connectivity index (χ3v) is 11.7. The molecule has 14 heteroatoms. The van der Waals surface area contributed by atoms with Gasteiger partial charge in [0.15, 0.2) is 23.0 Å². The van der Waals surface area contributed by atoms with E-state index in [-0.39, 0.29) is 94.7 Å². The number of aliphatic hydroxyl groups is 1. The van der Waals surface area contributed by atoms with Crippen LogP contribution in [0.3, 0.4) is 0 Å². The fourth-order valence-corrected chi connectivity index (χ4v) is 7.79. The summed E-state index contributed by atoms with van der Waals surface area (Å²) < 4.78 is 30.4. The van der Waals surface area contributed by atoms with E-state index in [0.29, 0.717) is 11.5 Å². The Hall–Kier alpha value is -8.62. The summed E-state index contributed by atoms with van der Waals surface area (Å²) >= 11 is 0. The van der Waals surface area contributed by atoms with Crippen molar-refractivity contribution in [1.82, 2.24) is 20.9 Å². The van der Waals surface area contributed by atoms with Crippen LogP contribution >= 0.6 is 0 Å². The molecule has 0 radical (unpaired) electrons. The molecule has 0 bridgehead atoms. The van der Waals surface area contributed by atoms with Gasteiger partial charge >= 0.3 is 6.09 Å². The van der Waals surface area contributed by atoms with Crippen LogP contribution in [0.5, 0.6) is 23.0 Å². The lowest BCUT2D eigenvalue weighted by atomic mass is 10.1. The molecule has 0 saturated heterocycles. The van der Waals surface area contributed by atoms with Gasteiger partial charge in [0.05, 0.1) is 17.2 Å². The highest BCUT2D eigenvalue weighted by Crippen LogP contribution is 2.34. The Bertz CT molecular complexity index is 2680. The zero-order valence-electron chi connectivity index (χ0n) is 41.4. The first kappa shape index (κ1) is 53.2. The summed E-state index contributed by atoms with van der Waals surface area (Å²) in [7, 11) is 0. The molecule has 0 unspecified atom stereocenters. The van der Waals surface area contributed by atoms with E-state index in [2.05, 4.69) is 16.0 Å². The van der Waals surface area contributed by atoms with Gasteiger partial charge in [-0.3, -0.25) is 14.4 Å². The number of rotatable bonds is 27. The second kappa shape index (κ2) is 28.4. The van der Waals surface area contributed by atoms with Crippen molar-refractivity contribution in [2.45, 2.75) is 64.9 Å². The van der Waals surface area contributed by atoms with Gasteiger partial charge in [-0.2, -0.15) is 0 Å². The van der Waals surface area contributed by atoms with Gasteiger partial charge in [0.2, 0.25) is 5.91 Å². The lowest BCUT2D eigenvalue weighted by molar-refractivity contribution is -0.136. The Morgan fingerprint density at radius 3 is 1.18 bits per heavy atom. The molecule has 4 N–H and O–H groups in total. The molecule has 0 fully saturated rings. The van der Waals surface area contributed by atoms with Gasteiger partial charge in [-0.15, -0.1) is 0 Å². The Balaban J connectivity index is 1.02. The first-order valence-electron chi connectivity index (χ1n) is 24.6. The summed E-state index contributed by atoms with van der Waals surface area (Å²) in [5.41, 5.74) is 4.99. The molecule has 0 spiro atoms. The van der Waals surface area contributed by atoms with E-state index < -0.39 is 36.0 Å². The zero-order valence-corrected chi connectivity index (χ0v) is 41.4. The lowest BCUT2D eigenvalue weighted by Crippen LogP contribution is -2.54. The monoisotopic (exact) mass is 998 g/mol. The van der Waals surface area contributed by atoms with Crippen molar-refractivity contribution in [1.29, 1.82) is 0 Å². The van der Waals surface area contributed by atoms with Crippen LogP contribution < -0.4 is 34.9 Å². The fraction of sp³-hybridized carbons (Fsp3) is 0.233. The minimum absolute atomic E-state index is 0.0430. The molecular formula is C60H62N4O10. The predicted molar refractivity (Wildman–Crippen MR) is 282 cm³/mol. The van der Waals surface area contributed by atoms with Crippen molar-refractivity contribution >= 4 is 23.8 Å². The number of hydrogen-bond acceptors (Lipinski definition) is 10. The summed E-state index contributed by atoms with van der Waals surface area (Å²) in [6, 6.07) is 56.6. The summed E-state index contributed by atoms with van der Waals surface area (Å²) in [5, 5.41) is 19.3. The fourth-order valence-electron chi connectivity index (χ4n) is 7.79. The van der Waals surface area contributed by atoms with Gasteiger partial charge in [0, 0.05) is 26.2 Å². The number of hydrogen-bond donors (Lipinski definition) is 4. The number of benzene rings is 7. The maximum Gasteiger partial charge on any atom is 0.408 e. The lowest BCUT2D eigenvalue weighted by Gasteiger charge is -2.29. The smallest absolute Gasteiger partial charge is 0.408 e. The Morgan fingerprint density at radius 1 is 0.459 bits per heavy atom. The van der Waals surface area contributed by atoms with Gasteiger partial charge in [-0.1, -0.05) is 164 Å². The highest BCUT2D eigenvalue weighted by molar-refractivity contribution is 5.98. The molecule has 0 aliphatic rings. The van der Waals surface area contributed by atoms with Crippen molar-refractivity contribution < 1.29 is 48.0 Å². The largest absolute Gasteiger partial charge is 0.485 e. The highest BCUT2D eigenvalue weighted by atomic mass is 16.5. The van der Waals surface area contributed by atoms with Gasteiger partial charge in [-0.25, -0.2) is 4.79 Å². The summed E-state index contributed by atoms with van der Waals surface area (Å²) in [6.07, 6.45) is -1.60. The van der Waals surface area contributed by atoms with Gasteiger partial charge in [-0.05, 0) is 71.8 Å². The molecule has 4 amide bonds. The minimum atomic E-state index is -1.37. The Morgan fingerprint density at radius 2 is 0.811 bits per heavy atom. The van der Waals surface area contributed by atoms with Gasteiger partial charge < -0.3 is 49.6 Å². The SMILES string of the molecule is C[C@H](O)[C@@H](NC(=O)OCc1ccccc1)C(=O)N(CCCNC(=O)c1cccc(OCc2ccccc2)c1OCc1ccccc1)CCCNC(=O)c1cccc(OCc2ccccc2)c1OCc1ccccc1. The Kier molecular flexibility index (Phi) is 20.4. The first-order valence-corrected chi connectivity index (χ1v) is 24.6. The quantitative estimate of drug-likeness (QED) is 0.0364. The number of nitrogens with one attached hydrogen (secondary N) is 3. The van der Waals surface area contributed by atoms with Gasteiger partial charge in [0.25, 0.3) is 11.8 Å². The number of alkyl carbamates (subject to hydrolysis) is 1. The average Bonchev–Trinajstić information content (AvgIpc) is 3.44. The van der Waals surface area contributed by atoms with E-state index >= 15 is 0 Å². The van der Waals surface area contributed by atoms with Crippen LogP contribution in [0.15, 0.2) is 188 Å². The molecule has 0 aliphatic carbocycles. The van der Waals surface area contributed by atoms with E-state index in [0.717, 1.165) is 27.8 Å². The maximum absolute atomic E-state index is 14.3. The van der Waals surface area contributed by atoms with E-state index in [1.54, 1.807) is 48.5 Å². The van der Waals surface area contributed by atoms with Crippen LogP contribution in [0.25, 0.3) is 0 Å². The minimum Gasteiger partial charge on any atom is -0.485 e. The number of carbonyl (C=O) groups excluding carboxylic acids is 4. The van der Waals surface area contributed by atoms with Crippen LogP contribution in [-0.4, -0.2) is 72.1 Å². The number of aliphatic hydroxyl groups excluding tert-OH is 1. The molecule has 2 atom stereocenters. The number of para-hydroxylation sites is 2. The molecule has 0 saturated carbocycles. The average molecular weight is 999 g/mol. The standard InChI is InChI=1S/C60H62N4O10/c1-44(65)54(63-60(69)74-43-49-29-15-6-16-30-49)59(68)64(37-19-35-61-57(66)50-31-17-33-52(70-39-45-21-7-2-8-22-45)55(50)72-41-47-25-11-4-12-26-47)38-20-36-62-58(67)51-32-18-34-53(71-40-46-23-9-3-10-24-46)56(51)73-42-48-27-13-5-14-28-48/h2-18,21-34,44,54,65H,19-20,35-43H2,1H3,(H,61,66)(H,62,67)(H,63,69)/t44-,54+/m0/s1. The normalized spacial score (nSPS) is 11.5. The predicted octanol–water partition coefficient (Wildman–Crippen LogP) is 9.45. The summed E-state index contributed by atoms with van der Waals surface area (Å²) in [4.78, 5) is 56.7. The van der Waals surface area contributed by atoms with Crippen LogP contribution in [0.2, 0.25) is 0 Å². The second-order valence-corrected chi connectivity index (χ2v) is 17.3. The van der Waals surface area contributed by atoms with Crippen LogP contribution in [0.4, 0.5) is 4.79 Å². The number of amides is 4. The van der Waals surface area contributed by atoms with E-state index in [9.17, 15) is 24.3 Å². The van der Waals surface area contributed by atoms with Gasteiger partial charge in [0.1, 0.15) is 39.1 Å². The third kappa shape index (κ3) is 16.5. The Labute approximate surface area is 432 Å². The maximum atomic E-state index is 14.3. The molecule has 0 heterocycles. The number of carbonyl (C=O) groups is 4. The molecule has 7 aromatic carbocycles. The van der Waals surface area contributed by atoms with E-state index in [1.807, 2.05) is 140 Å². The van der Waals surface area contributed by atoms with Crippen molar-refractivity contribution in [3.05, 3.63) is 227 Å². The molecule has 0 aromatic heterocycles. The van der Waals surface area contributed by atoms with E-state index in [4.69, 9.17) is 23.7 Å². The molecule has 382 valence electrons. The van der Waals surface area contributed by atoms with Crippen LogP contribution in [0.1, 0.15) is 68.3 Å². The van der Waals surface area contributed by atoms with Crippen molar-refractivity contribution in [2.24, 2.45) is 0 Å². The molecule has 14 nitrogen and oxygen atoms in total. The van der Waals surface area contributed by atoms with E-state index in [1.165, 1.54) is 11.8 Å². The molecule has 7 rings (SSSR count). The third-order valence-electron chi connectivity index (χ3n) is 11.7. The first-order chi connectivity index (χ1) is 36.2. The molecule has 0 aliphatic heterocycles. The number of ether oxygens (including phenoxy) is 5. The van der Waals surface area contributed by atoms with Crippen molar-refractivity contribution in [3.8, 4) is 23.0 Å². The topological polar surface area (TPSA) is 174 Å². The second-order valence-electron chi connectivity index (χ2n) is 17.3. The summed E-state index contributed by atoms with van der Waals surface area (Å²) in [6.45, 7) is 2.80.